The van der Waals surface area contributed by atoms with Gasteiger partial charge in [0.25, 0.3) is 0 Å². The van der Waals surface area contributed by atoms with Crippen LogP contribution in [-0.2, 0) is 4.79 Å². The van der Waals surface area contributed by atoms with Gasteiger partial charge in [0.15, 0.2) is 5.82 Å². The lowest BCUT2D eigenvalue weighted by Crippen LogP contribution is -2.41. The van der Waals surface area contributed by atoms with Crippen molar-refractivity contribution in [3.63, 3.8) is 0 Å². The molecule has 2 aliphatic rings. The molecule has 0 aliphatic carbocycles. The maximum Gasteiger partial charge on any atom is 0.219 e. The summed E-state index contributed by atoms with van der Waals surface area (Å²) < 4.78 is 0. The lowest BCUT2D eigenvalue weighted by molar-refractivity contribution is -0.129. The van der Waals surface area contributed by atoms with Crippen LogP contribution in [0.15, 0.2) is 42.5 Å². The smallest absolute Gasteiger partial charge is 0.219 e. The number of anilines is 1. The molecule has 5 heteroatoms. The molecule has 2 aromatic rings. The molecule has 4 rings (SSSR count). The molecule has 1 aromatic heterocycles. The van der Waals surface area contributed by atoms with Crippen molar-refractivity contribution >= 4 is 11.7 Å². The molecule has 2 aliphatic heterocycles. The van der Waals surface area contributed by atoms with Gasteiger partial charge >= 0.3 is 0 Å². The Labute approximate surface area is 142 Å². The van der Waals surface area contributed by atoms with E-state index in [-0.39, 0.29) is 5.91 Å². The van der Waals surface area contributed by atoms with Gasteiger partial charge < -0.3 is 9.80 Å². The third-order valence-electron chi connectivity index (χ3n) is 5.21. The maximum absolute atomic E-state index is 11.8. The van der Waals surface area contributed by atoms with E-state index >= 15 is 0 Å². The largest absolute Gasteiger partial charge is 0.347 e. The van der Waals surface area contributed by atoms with Crippen LogP contribution in [0, 0.1) is 0 Å². The third kappa shape index (κ3) is 2.75. The van der Waals surface area contributed by atoms with Crippen molar-refractivity contribution in [3.05, 3.63) is 42.5 Å². The summed E-state index contributed by atoms with van der Waals surface area (Å²) in [5.74, 6) is 1.11. The molecule has 0 radical (unpaired) electrons. The molecule has 2 atom stereocenters. The molecule has 1 aromatic carbocycles. The number of hydrogen-bond donors (Lipinski definition) is 0. The van der Waals surface area contributed by atoms with Crippen LogP contribution in [0.3, 0.4) is 0 Å². The monoisotopic (exact) mass is 322 g/mol. The van der Waals surface area contributed by atoms with Crippen molar-refractivity contribution in [2.24, 2.45) is 0 Å². The van der Waals surface area contributed by atoms with E-state index in [2.05, 4.69) is 21.2 Å². The van der Waals surface area contributed by atoms with Gasteiger partial charge in [-0.3, -0.25) is 4.79 Å². The molecular formula is C19H22N4O. The molecule has 0 spiro atoms. The summed E-state index contributed by atoms with van der Waals surface area (Å²) in [5.41, 5.74) is 1.98. The number of aromatic nitrogens is 2. The van der Waals surface area contributed by atoms with E-state index in [4.69, 9.17) is 0 Å². The fourth-order valence-corrected chi connectivity index (χ4v) is 3.96. The summed E-state index contributed by atoms with van der Waals surface area (Å²) in [5, 5.41) is 8.94. The molecule has 0 saturated carbocycles. The predicted molar refractivity (Wildman–Crippen MR) is 93.6 cm³/mol. The van der Waals surface area contributed by atoms with Gasteiger partial charge in [0, 0.05) is 37.7 Å². The molecule has 2 fully saturated rings. The first-order chi connectivity index (χ1) is 11.7. The number of hydrogen-bond acceptors (Lipinski definition) is 4. The highest BCUT2D eigenvalue weighted by Gasteiger charge is 2.38. The second kappa shape index (κ2) is 6.23. The van der Waals surface area contributed by atoms with E-state index < -0.39 is 0 Å². The number of amides is 1. The van der Waals surface area contributed by atoms with Crippen LogP contribution in [0.4, 0.5) is 5.82 Å². The van der Waals surface area contributed by atoms with Gasteiger partial charge in [-0.05, 0) is 31.4 Å². The van der Waals surface area contributed by atoms with Crippen molar-refractivity contribution in [3.8, 4) is 11.3 Å². The highest BCUT2D eigenvalue weighted by molar-refractivity contribution is 5.73. The Bertz CT molecular complexity index is 716. The number of fused-ring (bicyclic) bond motifs is 2. The average Bonchev–Trinajstić information content (AvgIpc) is 2.89. The van der Waals surface area contributed by atoms with E-state index in [0.29, 0.717) is 12.1 Å². The Balaban J connectivity index is 1.58. The number of likely N-dealkylation sites (tertiary alicyclic amines) is 1. The number of carbonyl (C=O) groups is 1. The van der Waals surface area contributed by atoms with E-state index in [1.165, 1.54) is 6.42 Å². The first kappa shape index (κ1) is 15.1. The fraction of sp³-hybridized carbons (Fsp3) is 0.421. The molecule has 124 valence electrons. The SMILES string of the molecule is CC(=O)N1CCC2CCC(C1)N2c1ccc(-c2ccccc2)nn1. The summed E-state index contributed by atoms with van der Waals surface area (Å²) >= 11 is 0. The lowest BCUT2D eigenvalue weighted by atomic mass is 10.1. The lowest BCUT2D eigenvalue weighted by Gasteiger charge is -2.29. The second-order valence-corrected chi connectivity index (χ2v) is 6.69. The van der Waals surface area contributed by atoms with E-state index in [9.17, 15) is 4.79 Å². The molecule has 2 saturated heterocycles. The van der Waals surface area contributed by atoms with E-state index in [1.54, 1.807) is 6.92 Å². The second-order valence-electron chi connectivity index (χ2n) is 6.69. The average molecular weight is 322 g/mol. The molecular weight excluding hydrogens is 300 g/mol. The standard InChI is InChI=1S/C19H22N4O/c1-14(24)22-12-11-16-7-8-17(13-22)23(16)19-10-9-18(20-21-19)15-5-3-2-4-6-15/h2-6,9-10,16-17H,7-8,11-13H2,1H3. The summed E-state index contributed by atoms with van der Waals surface area (Å²) in [7, 11) is 0. The van der Waals surface area contributed by atoms with Gasteiger partial charge in [0.1, 0.15) is 0 Å². The zero-order valence-corrected chi connectivity index (χ0v) is 13.9. The maximum atomic E-state index is 11.8. The van der Waals surface area contributed by atoms with Crippen LogP contribution < -0.4 is 4.90 Å². The predicted octanol–water partition coefficient (Wildman–Crippen LogP) is 2.73. The molecule has 1 amide bonds. The molecule has 0 N–H and O–H groups in total. The Hall–Kier alpha value is -2.43. The summed E-state index contributed by atoms with van der Waals surface area (Å²) in [6.07, 6.45) is 3.31. The summed E-state index contributed by atoms with van der Waals surface area (Å²) in [6, 6.07) is 15.1. The van der Waals surface area contributed by atoms with Crippen molar-refractivity contribution in [1.82, 2.24) is 15.1 Å². The minimum absolute atomic E-state index is 0.174. The van der Waals surface area contributed by atoms with Crippen LogP contribution in [0.2, 0.25) is 0 Å². The van der Waals surface area contributed by atoms with Gasteiger partial charge in [-0.1, -0.05) is 30.3 Å². The number of nitrogens with zero attached hydrogens (tertiary/aromatic N) is 4. The Morgan fingerprint density at radius 1 is 1.00 bits per heavy atom. The van der Waals surface area contributed by atoms with E-state index in [1.807, 2.05) is 41.3 Å². The summed E-state index contributed by atoms with van der Waals surface area (Å²) in [4.78, 5) is 16.1. The first-order valence-corrected chi connectivity index (χ1v) is 8.65. The van der Waals surface area contributed by atoms with Gasteiger partial charge in [0.05, 0.1) is 5.69 Å². The van der Waals surface area contributed by atoms with Crippen molar-refractivity contribution in [2.45, 2.75) is 38.3 Å². The van der Waals surface area contributed by atoms with Crippen LogP contribution in [0.1, 0.15) is 26.2 Å². The topological polar surface area (TPSA) is 49.3 Å². The molecule has 3 heterocycles. The van der Waals surface area contributed by atoms with Crippen LogP contribution in [0.5, 0.6) is 0 Å². The Kier molecular flexibility index (Phi) is 3.92. The van der Waals surface area contributed by atoms with Crippen LogP contribution in [0.25, 0.3) is 11.3 Å². The van der Waals surface area contributed by atoms with Gasteiger partial charge in [0.2, 0.25) is 5.91 Å². The highest BCUT2D eigenvalue weighted by atomic mass is 16.2. The zero-order chi connectivity index (χ0) is 16.5. The van der Waals surface area contributed by atoms with Gasteiger partial charge in [-0.2, -0.15) is 0 Å². The van der Waals surface area contributed by atoms with Crippen LogP contribution in [-0.4, -0.2) is 46.2 Å². The minimum atomic E-state index is 0.174. The van der Waals surface area contributed by atoms with Crippen molar-refractivity contribution in [2.75, 3.05) is 18.0 Å². The quantitative estimate of drug-likeness (QED) is 0.853. The van der Waals surface area contributed by atoms with Crippen molar-refractivity contribution in [1.29, 1.82) is 0 Å². The van der Waals surface area contributed by atoms with Gasteiger partial charge in [-0.15, -0.1) is 10.2 Å². The first-order valence-electron chi connectivity index (χ1n) is 8.65. The van der Waals surface area contributed by atoms with Crippen molar-refractivity contribution < 1.29 is 4.79 Å². The number of rotatable bonds is 2. The number of benzene rings is 1. The normalized spacial score (nSPS) is 23.2. The molecule has 5 nitrogen and oxygen atoms in total. The zero-order valence-electron chi connectivity index (χ0n) is 13.9. The number of carbonyl (C=O) groups excluding carboxylic acids is 1. The highest BCUT2D eigenvalue weighted by Crippen LogP contribution is 2.34. The van der Waals surface area contributed by atoms with Crippen LogP contribution >= 0.6 is 0 Å². The minimum Gasteiger partial charge on any atom is -0.347 e. The van der Waals surface area contributed by atoms with Gasteiger partial charge in [-0.25, -0.2) is 0 Å². The van der Waals surface area contributed by atoms with E-state index in [0.717, 1.165) is 43.0 Å². The Morgan fingerprint density at radius 2 is 1.79 bits per heavy atom. The third-order valence-corrected chi connectivity index (χ3v) is 5.21. The fourth-order valence-electron chi connectivity index (χ4n) is 3.96. The Morgan fingerprint density at radius 3 is 2.50 bits per heavy atom. The molecule has 24 heavy (non-hydrogen) atoms. The molecule has 2 bridgehead atoms. The molecule has 2 unspecified atom stereocenters. The summed E-state index contributed by atoms with van der Waals surface area (Å²) in [6.45, 7) is 3.31.